The smallest absolute Gasteiger partial charge is 0.187 e. The van der Waals surface area contributed by atoms with Gasteiger partial charge in [-0.1, -0.05) is 0 Å². The number of aliphatic hydroxyl groups excluding tert-OH is 2. The zero-order valence-corrected chi connectivity index (χ0v) is 22.1. The Morgan fingerprint density at radius 3 is 1.29 bits per heavy atom. The van der Waals surface area contributed by atoms with Crippen molar-refractivity contribution in [2.24, 2.45) is 0 Å². The van der Waals surface area contributed by atoms with Crippen LogP contribution in [0.2, 0.25) is 0 Å². The molecule has 2 N–H and O–H groups in total. The molecule has 10 heteroatoms. The summed E-state index contributed by atoms with van der Waals surface area (Å²) < 4.78 is 21.7. The summed E-state index contributed by atoms with van der Waals surface area (Å²) in [4.78, 5) is 22.6. The Hall–Kier alpha value is 0.788. The first-order valence-electron chi connectivity index (χ1n) is 8.48. The Balaban J connectivity index is 0.000000261. The first kappa shape index (κ1) is 26.8. The number of hydrogen-bond donors (Lipinski definition) is 2. The summed E-state index contributed by atoms with van der Waals surface area (Å²) in [5.74, 6) is -1.67. The van der Waals surface area contributed by atoms with E-state index in [0.717, 1.165) is 0 Å². The maximum Gasteiger partial charge on any atom is 0.187 e. The summed E-state index contributed by atoms with van der Waals surface area (Å²) in [7, 11) is 0. The molecule has 4 unspecified atom stereocenters. The van der Waals surface area contributed by atoms with Gasteiger partial charge in [-0.2, -0.15) is 0 Å². The Labute approximate surface area is 214 Å². The van der Waals surface area contributed by atoms with Crippen LogP contribution >= 0.6 is 0 Å². The predicted octanol–water partition coefficient (Wildman–Crippen LogP) is 0.0108. The van der Waals surface area contributed by atoms with Crippen molar-refractivity contribution in [3.63, 3.8) is 0 Å². The first-order chi connectivity index (χ1) is 12.1. The minimum Gasteiger partial charge on any atom is -0.392 e. The Morgan fingerprint density at radius 2 is 1.00 bits per heavy atom. The molecule has 0 aromatic carbocycles. The molecule has 28 heavy (non-hydrogen) atoms. The molecule has 2 aliphatic heterocycles. The maximum absolute atomic E-state index is 11.3. The second-order valence-electron chi connectivity index (χ2n) is 7.51. The minimum atomic E-state index is -0.723. The topological polar surface area (TPSA) is 112 Å². The van der Waals surface area contributed by atoms with Crippen LogP contribution in [0.4, 0.5) is 0 Å². The molecule has 2 fully saturated rings. The van der Waals surface area contributed by atoms with Crippen LogP contribution in [0.5, 0.6) is 0 Å². The second-order valence-corrected chi connectivity index (χ2v) is 7.51. The molecule has 0 aromatic heterocycles. The monoisotopic (exact) mass is 546 g/mol. The van der Waals surface area contributed by atoms with E-state index < -0.39 is 23.8 Å². The normalized spacial score (nSPS) is 33.6. The summed E-state index contributed by atoms with van der Waals surface area (Å²) in [6.45, 7) is 6.74. The maximum atomic E-state index is 11.3. The molecule has 2 heterocycles. The van der Waals surface area contributed by atoms with Crippen LogP contribution in [0.3, 0.4) is 0 Å². The number of aliphatic hydroxyl groups is 2. The molecular formula is C18H24O8Y2. The molecular weight excluding hydrogens is 522 g/mol. The summed E-state index contributed by atoms with van der Waals surface area (Å²) in [5, 5.41) is 17.9. The van der Waals surface area contributed by atoms with Gasteiger partial charge >= 0.3 is 0 Å². The van der Waals surface area contributed by atoms with Gasteiger partial charge in [0.2, 0.25) is 0 Å². The van der Waals surface area contributed by atoms with E-state index in [1.165, 1.54) is 12.2 Å². The van der Waals surface area contributed by atoms with E-state index in [2.05, 4.69) is 0 Å². The first-order valence-corrected chi connectivity index (χ1v) is 8.48. The molecule has 4 rings (SSSR count). The third kappa shape index (κ3) is 5.52. The van der Waals surface area contributed by atoms with Gasteiger partial charge in [0, 0.05) is 65.4 Å². The number of ketones is 2. The van der Waals surface area contributed by atoms with Crippen LogP contribution in [0.15, 0.2) is 23.3 Å². The van der Waals surface area contributed by atoms with Gasteiger partial charge in [0.15, 0.2) is 35.3 Å². The zero-order chi connectivity index (χ0) is 19.3. The van der Waals surface area contributed by atoms with E-state index in [-0.39, 0.29) is 102 Å². The van der Waals surface area contributed by atoms with E-state index in [0.29, 0.717) is 11.1 Å². The molecule has 0 bridgehead atoms. The van der Waals surface area contributed by atoms with Gasteiger partial charge in [0.1, 0.15) is 12.2 Å². The number of fused-ring (bicyclic) bond motifs is 2. The largest absolute Gasteiger partial charge is 0.392 e. The molecule has 2 saturated heterocycles. The number of rotatable bonds is 2. The average Bonchev–Trinajstić information content (AvgIpc) is 3.21. The summed E-state index contributed by atoms with van der Waals surface area (Å²) in [6.07, 6.45) is 0.962. The summed E-state index contributed by atoms with van der Waals surface area (Å²) >= 11 is 0. The van der Waals surface area contributed by atoms with E-state index in [1.54, 1.807) is 27.7 Å². The number of ether oxygens (including phenoxy) is 4. The van der Waals surface area contributed by atoms with Crippen molar-refractivity contribution in [1.82, 2.24) is 0 Å². The van der Waals surface area contributed by atoms with Crippen LogP contribution in [0.25, 0.3) is 0 Å². The van der Waals surface area contributed by atoms with Crippen LogP contribution < -0.4 is 0 Å². The fourth-order valence-electron chi connectivity index (χ4n) is 3.45. The van der Waals surface area contributed by atoms with E-state index in [9.17, 15) is 9.59 Å². The molecule has 150 valence electrons. The van der Waals surface area contributed by atoms with Gasteiger partial charge in [-0.3, -0.25) is 9.59 Å². The van der Waals surface area contributed by atoms with Crippen molar-refractivity contribution < 1.29 is 104 Å². The van der Waals surface area contributed by atoms with E-state index >= 15 is 0 Å². The van der Waals surface area contributed by atoms with Crippen molar-refractivity contribution in [2.75, 3.05) is 13.2 Å². The average molecular weight is 546 g/mol. The number of hydrogen-bond acceptors (Lipinski definition) is 8. The third-order valence-corrected chi connectivity index (χ3v) is 4.51. The zero-order valence-electron chi connectivity index (χ0n) is 16.4. The number of carbonyl (C=O) groups is 2. The predicted molar refractivity (Wildman–Crippen MR) is 88.0 cm³/mol. The molecule has 0 saturated carbocycles. The minimum absolute atomic E-state index is 0. The van der Waals surface area contributed by atoms with Gasteiger partial charge in [0.25, 0.3) is 0 Å². The van der Waals surface area contributed by atoms with Crippen LogP contribution in [-0.2, 0) is 94.0 Å². The quantitative estimate of drug-likeness (QED) is 0.499. The standard InChI is InChI=1S/2C9H12O4.2Y/c2*1-9(2)12-7-5(4-10)3-6(11)8(7)13-9;;/h2*3,7-8,10H,4H2,1-2H3;;. The van der Waals surface area contributed by atoms with Gasteiger partial charge in [-0.25, -0.2) is 0 Å². The molecule has 2 radical (unpaired) electrons. The van der Waals surface area contributed by atoms with Crippen LogP contribution in [0.1, 0.15) is 27.7 Å². The van der Waals surface area contributed by atoms with Gasteiger partial charge in [0.05, 0.1) is 13.2 Å². The van der Waals surface area contributed by atoms with Crippen molar-refractivity contribution in [1.29, 1.82) is 0 Å². The second kappa shape index (κ2) is 9.94. The SMILES string of the molecule is CC1(C)OC2C(=O)C=C(CO)C2O1.CC1(C)OC2C(=O)C=C(CO)C2O1.[Y].[Y]. The Morgan fingerprint density at radius 1 is 0.714 bits per heavy atom. The van der Waals surface area contributed by atoms with Crippen LogP contribution in [0, 0.1) is 0 Å². The fourth-order valence-corrected chi connectivity index (χ4v) is 3.45. The molecule has 4 aliphatic rings. The van der Waals surface area contributed by atoms with E-state index in [4.69, 9.17) is 29.2 Å². The molecule has 0 spiro atoms. The van der Waals surface area contributed by atoms with Crippen molar-refractivity contribution >= 4 is 11.6 Å². The molecule has 8 nitrogen and oxygen atoms in total. The third-order valence-electron chi connectivity index (χ3n) is 4.51. The van der Waals surface area contributed by atoms with Crippen molar-refractivity contribution in [2.45, 2.75) is 63.7 Å². The Bertz CT molecular complexity index is 627. The van der Waals surface area contributed by atoms with Crippen molar-refractivity contribution in [3.8, 4) is 0 Å². The molecule has 4 atom stereocenters. The van der Waals surface area contributed by atoms with Gasteiger partial charge < -0.3 is 29.2 Å². The molecule has 0 amide bonds. The van der Waals surface area contributed by atoms with Crippen molar-refractivity contribution in [3.05, 3.63) is 23.3 Å². The van der Waals surface area contributed by atoms with Gasteiger partial charge in [-0.05, 0) is 51.0 Å². The van der Waals surface area contributed by atoms with Crippen LogP contribution in [-0.4, -0.2) is 71.0 Å². The molecule has 0 aromatic rings. The van der Waals surface area contributed by atoms with E-state index in [1.807, 2.05) is 0 Å². The molecule has 2 aliphatic carbocycles. The summed E-state index contributed by atoms with van der Waals surface area (Å²) in [6, 6.07) is 0. The number of carbonyl (C=O) groups excluding carboxylic acids is 2. The fraction of sp³-hybridized carbons (Fsp3) is 0.667. The van der Waals surface area contributed by atoms with Gasteiger partial charge in [-0.15, -0.1) is 0 Å². The summed E-state index contributed by atoms with van der Waals surface area (Å²) in [5.41, 5.74) is 1.22. The Kier molecular flexibility index (Phi) is 9.52.